The molecule has 1 unspecified atom stereocenters. The van der Waals surface area contributed by atoms with Gasteiger partial charge in [-0.2, -0.15) is 0 Å². The molecule has 0 heterocycles. The molecule has 0 saturated heterocycles. The topological polar surface area (TPSA) is 159 Å². The quantitative estimate of drug-likeness (QED) is 0.419. The largest absolute Gasteiger partial charge is 0.449 e. The van der Waals surface area contributed by atoms with E-state index >= 15 is 0 Å². The highest BCUT2D eigenvalue weighted by molar-refractivity contribution is 7.89. The number of nitro benzene ring substituents is 1. The molecule has 0 aliphatic rings. The number of rotatable bonds is 6. The maximum absolute atomic E-state index is 12.3. The minimum absolute atomic E-state index is 0.0403. The van der Waals surface area contributed by atoms with Gasteiger partial charge in [0.05, 0.1) is 15.4 Å². The van der Waals surface area contributed by atoms with Crippen LogP contribution in [0.1, 0.15) is 22.8 Å². The second-order valence-corrected chi connectivity index (χ2v) is 7.42. The Balaban J connectivity index is 2.09. The number of hydrogen-bond donors (Lipinski definition) is 2. The Kier molecular flexibility index (Phi) is 6.11. The number of hydrogen-bond acceptors (Lipinski definition) is 7. The maximum Gasteiger partial charge on any atom is 0.339 e. The monoisotopic (exact) mass is 407 g/mol. The molecule has 0 spiro atoms. The summed E-state index contributed by atoms with van der Waals surface area (Å²) in [6, 6.07) is 8.84. The van der Waals surface area contributed by atoms with Gasteiger partial charge < -0.3 is 10.1 Å². The zero-order valence-corrected chi connectivity index (χ0v) is 15.7. The standard InChI is InChI=1S/C17H17N3O7S/c1-10-3-8-14(28(18,25)26)9-15(10)17(22)27-11(2)16(21)19-12-4-6-13(7-5-12)20(23)24/h3-9,11H,1-2H3,(H,19,21)(H2,18,25,26). The number of nitrogens with two attached hydrogens (primary N) is 1. The van der Waals surface area contributed by atoms with Crippen LogP contribution in [-0.2, 0) is 19.6 Å². The molecule has 28 heavy (non-hydrogen) atoms. The summed E-state index contributed by atoms with van der Waals surface area (Å²) in [4.78, 5) is 34.3. The van der Waals surface area contributed by atoms with Crippen LogP contribution in [0.4, 0.5) is 11.4 Å². The molecule has 1 amide bonds. The number of aryl methyl sites for hydroxylation is 1. The first-order valence-electron chi connectivity index (χ1n) is 7.89. The van der Waals surface area contributed by atoms with Crippen molar-refractivity contribution >= 4 is 33.3 Å². The highest BCUT2D eigenvalue weighted by Crippen LogP contribution is 2.18. The molecule has 148 valence electrons. The summed E-state index contributed by atoms with van der Waals surface area (Å²) in [6.07, 6.45) is -1.21. The Bertz CT molecular complexity index is 1030. The number of esters is 1. The molecular weight excluding hydrogens is 390 g/mol. The Morgan fingerprint density at radius 3 is 2.32 bits per heavy atom. The van der Waals surface area contributed by atoms with Gasteiger partial charge in [0.1, 0.15) is 0 Å². The van der Waals surface area contributed by atoms with E-state index in [1.807, 2.05) is 0 Å². The van der Waals surface area contributed by atoms with E-state index in [0.29, 0.717) is 5.56 Å². The predicted molar refractivity (Wildman–Crippen MR) is 99.2 cm³/mol. The number of nitrogens with one attached hydrogen (secondary N) is 1. The highest BCUT2D eigenvalue weighted by Gasteiger charge is 2.22. The van der Waals surface area contributed by atoms with Crippen molar-refractivity contribution in [2.45, 2.75) is 24.8 Å². The second kappa shape index (κ2) is 8.15. The first-order chi connectivity index (χ1) is 13.0. The van der Waals surface area contributed by atoms with Crippen LogP contribution in [0.2, 0.25) is 0 Å². The first kappa shape index (κ1) is 21.0. The van der Waals surface area contributed by atoms with Gasteiger partial charge in [-0.1, -0.05) is 6.07 Å². The van der Waals surface area contributed by atoms with Gasteiger partial charge in [0.15, 0.2) is 6.10 Å². The Hall–Kier alpha value is -3.31. The Labute approximate surface area is 160 Å². The molecule has 0 aromatic heterocycles. The number of carbonyl (C=O) groups is 2. The molecule has 0 saturated carbocycles. The Morgan fingerprint density at radius 1 is 1.18 bits per heavy atom. The SMILES string of the molecule is Cc1ccc(S(N)(=O)=O)cc1C(=O)OC(C)C(=O)Nc1ccc([N+](=O)[O-])cc1. The van der Waals surface area contributed by atoms with Gasteiger partial charge in [-0.15, -0.1) is 0 Å². The van der Waals surface area contributed by atoms with Gasteiger partial charge >= 0.3 is 5.97 Å². The number of ether oxygens (including phenoxy) is 1. The summed E-state index contributed by atoms with van der Waals surface area (Å²) in [5.74, 6) is -1.56. The number of non-ortho nitro benzene ring substituents is 1. The van der Waals surface area contributed by atoms with E-state index in [0.717, 1.165) is 6.07 Å². The van der Waals surface area contributed by atoms with Crippen LogP contribution >= 0.6 is 0 Å². The third-order valence-electron chi connectivity index (χ3n) is 3.76. The lowest BCUT2D eigenvalue weighted by Crippen LogP contribution is -2.30. The van der Waals surface area contributed by atoms with Gasteiger partial charge in [0, 0.05) is 17.8 Å². The van der Waals surface area contributed by atoms with Crippen LogP contribution in [0, 0.1) is 17.0 Å². The molecule has 0 radical (unpaired) electrons. The van der Waals surface area contributed by atoms with Crippen LogP contribution < -0.4 is 10.5 Å². The normalized spacial score (nSPS) is 12.1. The van der Waals surface area contributed by atoms with E-state index in [-0.39, 0.29) is 21.8 Å². The fourth-order valence-electron chi connectivity index (χ4n) is 2.19. The number of benzene rings is 2. The van der Waals surface area contributed by atoms with Gasteiger partial charge in [-0.05, 0) is 43.7 Å². The summed E-state index contributed by atoms with van der Waals surface area (Å²) < 4.78 is 28.0. The Morgan fingerprint density at radius 2 is 1.79 bits per heavy atom. The summed E-state index contributed by atoms with van der Waals surface area (Å²) >= 11 is 0. The lowest BCUT2D eigenvalue weighted by atomic mass is 10.1. The number of primary sulfonamides is 1. The minimum Gasteiger partial charge on any atom is -0.449 e. The van der Waals surface area contributed by atoms with Crippen molar-refractivity contribution in [1.29, 1.82) is 0 Å². The third-order valence-corrected chi connectivity index (χ3v) is 4.67. The van der Waals surface area contributed by atoms with Crippen LogP contribution in [0.5, 0.6) is 0 Å². The van der Waals surface area contributed by atoms with Gasteiger partial charge in [0.25, 0.3) is 11.6 Å². The van der Waals surface area contributed by atoms with Gasteiger partial charge in [-0.25, -0.2) is 18.4 Å². The van der Waals surface area contributed by atoms with Crippen molar-refractivity contribution < 1.29 is 27.7 Å². The van der Waals surface area contributed by atoms with E-state index < -0.39 is 32.9 Å². The first-order valence-corrected chi connectivity index (χ1v) is 9.43. The van der Waals surface area contributed by atoms with E-state index in [4.69, 9.17) is 9.88 Å². The number of anilines is 1. The molecule has 0 bridgehead atoms. The number of amides is 1. The maximum atomic E-state index is 12.3. The molecule has 11 heteroatoms. The lowest BCUT2D eigenvalue weighted by molar-refractivity contribution is -0.384. The molecule has 3 N–H and O–H groups in total. The fourth-order valence-corrected chi connectivity index (χ4v) is 2.73. The van der Waals surface area contributed by atoms with E-state index in [1.165, 1.54) is 43.3 Å². The van der Waals surface area contributed by atoms with Gasteiger partial charge in [-0.3, -0.25) is 14.9 Å². The highest BCUT2D eigenvalue weighted by atomic mass is 32.2. The zero-order valence-electron chi connectivity index (χ0n) is 14.9. The average Bonchev–Trinajstić information content (AvgIpc) is 2.61. The number of sulfonamides is 1. The molecule has 2 aromatic rings. The van der Waals surface area contributed by atoms with Crippen LogP contribution in [0.3, 0.4) is 0 Å². The summed E-state index contributed by atoms with van der Waals surface area (Å²) in [6.45, 7) is 2.91. The average molecular weight is 407 g/mol. The minimum atomic E-state index is -4.01. The van der Waals surface area contributed by atoms with Crippen molar-refractivity contribution in [1.82, 2.24) is 0 Å². The zero-order chi connectivity index (χ0) is 21.1. The molecular formula is C17H17N3O7S. The molecule has 0 aliphatic heterocycles. The number of carbonyl (C=O) groups excluding carboxylic acids is 2. The molecule has 0 fully saturated rings. The summed E-state index contributed by atoms with van der Waals surface area (Å²) in [5.41, 5.74) is 0.551. The summed E-state index contributed by atoms with van der Waals surface area (Å²) in [5, 5.41) is 18.1. The molecule has 2 aromatic carbocycles. The molecule has 0 aliphatic carbocycles. The smallest absolute Gasteiger partial charge is 0.339 e. The van der Waals surface area contributed by atoms with Crippen molar-refractivity contribution in [3.05, 3.63) is 63.7 Å². The molecule has 1 atom stereocenters. The summed E-state index contributed by atoms with van der Waals surface area (Å²) in [7, 11) is -4.01. The van der Waals surface area contributed by atoms with E-state index in [1.54, 1.807) is 6.92 Å². The number of nitrogens with zero attached hydrogens (tertiary/aromatic N) is 1. The van der Waals surface area contributed by atoms with Crippen molar-refractivity contribution in [3.63, 3.8) is 0 Å². The van der Waals surface area contributed by atoms with Crippen LogP contribution in [0.25, 0.3) is 0 Å². The van der Waals surface area contributed by atoms with E-state index in [9.17, 15) is 28.1 Å². The third kappa shape index (κ3) is 5.11. The fraction of sp³-hybridized carbons (Fsp3) is 0.176. The van der Waals surface area contributed by atoms with Crippen molar-refractivity contribution in [3.8, 4) is 0 Å². The molecule has 10 nitrogen and oxygen atoms in total. The van der Waals surface area contributed by atoms with Crippen LogP contribution in [0.15, 0.2) is 47.4 Å². The molecule has 2 rings (SSSR count). The predicted octanol–water partition coefficient (Wildman–Crippen LogP) is 1.73. The van der Waals surface area contributed by atoms with Crippen molar-refractivity contribution in [2.75, 3.05) is 5.32 Å². The van der Waals surface area contributed by atoms with E-state index in [2.05, 4.69) is 5.32 Å². The van der Waals surface area contributed by atoms with Gasteiger partial charge in [0.2, 0.25) is 10.0 Å². The van der Waals surface area contributed by atoms with Crippen LogP contribution in [-0.4, -0.2) is 31.3 Å². The number of nitro groups is 1. The lowest BCUT2D eigenvalue weighted by Gasteiger charge is -2.15. The van der Waals surface area contributed by atoms with Crippen molar-refractivity contribution in [2.24, 2.45) is 5.14 Å². The second-order valence-electron chi connectivity index (χ2n) is 5.86.